The highest BCUT2D eigenvalue weighted by molar-refractivity contribution is 5.28. The third-order valence-electron chi connectivity index (χ3n) is 3.98. The highest BCUT2D eigenvalue weighted by Gasteiger charge is 2.38. The van der Waals surface area contributed by atoms with E-state index in [0.717, 1.165) is 5.92 Å². The van der Waals surface area contributed by atoms with Crippen molar-refractivity contribution in [2.75, 3.05) is 0 Å². The zero-order valence-corrected chi connectivity index (χ0v) is 8.84. The van der Waals surface area contributed by atoms with Gasteiger partial charge in [0, 0.05) is 0 Å². The van der Waals surface area contributed by atoms with E-state index in [1.807, 2.05) is 0 Å². The van der Waals surface area contributed by atoms with Crippen LogP contribution in [-0.4, -0.2) is 0 Å². The minimum Gasteiger partial charge on any atom is -0.0837 e. The van der Waals surface area contributed by atoms with Gasteiger partial charge >= 0.3 is 0 Å². The molecule has 2 rings (SSSR count). The molecular weight excluding hydrogens is 156 g/mol. The smallest absolute Gasteiger partial charge is 0.00275 e. The summed E-state index contributed by atoms with van der Waals surface area (Å²) in [5, 5.41) is 0. The van der Waals surface area contributed by atoms with Crippen LogP contribution in [-0.2, 0) is 0 Å². The SMILES string of the molecule is CC(C)C12CC=CC=C1CCCC2. The first-order chi connectivity index (χ1) is 6.26. The molecule has 0 N–H and O–H groups in total. The van der Waals surface area contributed by atoms with Crippen molar-refractivity contribution in [3.63, 3.8) is 0 Å². The molecule has 0 aromatic heterocycles. The lowest BCUT2D eigenvalue weighted by Crippen LogP contribution is -2.32. The third kappa shape index (κ3) is 1.37. The molecule has 72 valence electrons. The van der Waals surface area contributed by atoms with Gasteiger partial charge in [-0.3, -0.25) is 0 Å². The first-order valence-electron chi connectivity index (χ1n) is 5.62. The van der Waals surface area contributed by atoms with E-state index >= 15 is 0 Å². The number of hydrogen-bond donors (Lipinski definition) is 0. The van der Waals surface area contributed by atoms with Crippen LogP contribution in [0.2, 0.25) is 0 Å². The Morgan fingerprint density at radius 2 is 2.15 bits per heavy atom. The van der Waals surface area contributed by atoms with E-state index in [1.54, 1.807) is 5.57 Å². The van der Waals surface area contributed by atoms with Gasteiger partial charge in [0.05, 0.1) is 0 Å². The molecule has 2 aliphatic rings. The van der Waals surface area contributed by atoms with Crippen molar-refractivity contribution < 1.29 is 0 Å². The highest BCUT2D eigenvalue weighted by atomic mass is 14.4. The van der Waals surface area contributed by atoms with Crippen LogP contribution in [0.1, 0.15) is 46.0 Å². The van der Waals surface area contributed by atoms with E-state index in [1.165, 1.54) is 32.1 Å². The Labute approximate surface area is 81.7 Å². The molecule has 1 atom stereocenters. The van der Waals surface area contributed by atoms with Gasteiger partial charge < -0.3 is 0 Å². The molecular formula is C13H20. The Bertz CT molecular complexity index is 245. The average Bonchev–Trinajstić information content (AvgIpc) is 2.17. The van der Waals surface area contributed by atoms with Gasteiger partial charge in [-0.15, -0.1) is 0 Å². The van der Waals surface area contributed by atoms with E-state index in [2.05, 4.69) is 32.1 Å². The molecule has 0 aromatic rings. The van der Waals surface area contributed by atoms with Crippen molar-refractivity contribution in [1.29, 1.82) is 0 Å². The summed E-state index contributed by atoms with van der Waals surface area (Å²) < 4.78 is 0. The summed E-state index contributed by atoms with van der Waals surface area (Å²) in [6.45, 7) is 4.77. The van der Waals surface area contributed by atoms with Gasteiger partial charge in [-0.1, -0.05) is 44.1 Å². The quantitative estimate of drug-likeness (QED) is 0.564. The molecule has 2 aliphatic carbocycles. The first-order valence-corrected chi connectivity index (χ1v) is 5.62. The summed E-state index contributed by atoms with van der Waals surface area (Å²) in [5.41, 5.74) is 2.28. The van der Waals surface area contributed by atoms with E-state index in [9.17, 15) is 0 Å². The van der Waals surface area contributed by atoms with Crippen LogP contribution in [0.4, 0.5) is 0 Å². The second kappa shape index (κ2) is 3.32. The largest absolute Gasteiger partial charge is 0.0837 e. The van der Waals surface area contributed by atoms with Gasteiger partial charge in [0.15, 0.2) is 0 Å². The molecule has 1 unspecified atom stereocenters. The second-order valence-corrected chi connectivity index (χ2v) is 4.84. The predicted octanol–water partition coefficient (Wildman–Crippen LogP) is 4.09. The molecule has 0 bridgehead atoms. The maximum absolute atomic E-state index is 2.39. The molecule has 1 saturated carbocycles. The van der Waals surface area contributed by atoms with Crippen LogP contribution < -0.4 is 0 Å². The van der Waals surface area contributed by atoms with E-state index < -0.39 is 0 Å². The first kappa shape index (κ1) is 9.05. The zero-order chi connectivity index (χ0) is 9.31. The maximum atomic E-state index is 2.39. The minimum absolute atomic E-state index is 0.549. The van der Waals surface area contributed by atoms with Crippen LogP contribution >= 0.6 is 0 Å². The van der Waals surface area contributed by atoms with Crippen LogP contribution in [0.15, 0.2) is 23.8 Å². The lowest BCUT2D eigenvalue weighted by Gasteiger charge is -2.44. The molecule has 1 fully saturated rings. The van der Waals surface area contributed by atoms with Crippen molar-refractivity contribution in [2.24, 2.45) is 11.3 Å². The number of fused-ring (bicyclic) bond motifs is 1. The normalized spacial score (nSPS) is 33.0. The van der Waals surface area contributed by atoms with Gasteiger partial charge in [0.2, 0.25) is 0 Å². The van der Waals surface area contributed by atoms with Gasteiger partial charge in [-0.25, -0.2) is 0 Å². The molecule has 13 heavy (non-hydrogen) atoms. The summed E-state index contributed by atoms with van der Waals surface area (Å²) in [6.07, 6.45) is 13.9. The number of hydrogen-bond acceptors (Lipinski definition) is 0. The van der Waals surface area contributed by atoms with E-state index in [0.29, 0.717) is 5.41 Å². The van der Waals surface area contributed by atoms with Crippen LogP contribution in [0.5, 0.6) is 0 Å². The van der Waals surface area contributed by atoms with Gasteiger partial charge in [-0.2, -0.15) is 0 Å². The highest BCUT2D eigenvalue weighted by Crippen LogP contribution is 2.50. The zero-order valence-electron chi connectivity index (χ0n) is 8.84. The lowest BCUT2D eigenvalue weighted by atomic mass is 9.61. The number of rotatable bonds is 1. The number of allylic oxidation sites excluding steroid dienone is 4. The fourth-order valence-corrected chi connectivity index (χ4v) is 3.01. The molecule has 0 nitrogen and oxygen atoms in total. The van der Waals surface area contributed by atoms with Crippen molar-refractivity contribution in [2.45, 2.75) is 46.0 Å². The molecule has 0 saturated heterocycles. The summed E-state index contributed by atoms with van der Waals surface area (Å²) in [4.78, 5) is 0. The average molecular weight is 176 g/mol. The molecule has 0 radical (unpaired) electrons. The second-order valence-electron chi connectivity index (χ2n) is 4.84. The molecule has 0 heterocycles. The van der Waals surface area contributed by atoms with E-state index in [-0.39, 0.29) is 0 Å². The van der Waals surface area contributed by atoms with Crippen molar-refractivity contribution in [3.8, 4) is 0 Å². The van der Waals surface area contributed by atoms with Gasteiger partial charge in [0.1, 0.15) is 0 Å². The van der Waals surface area contributed by atoms with Crippen LogP contribution in [0, 0.1) is 11.3 Å². The fraction of sp³-hybridized carbons (Fsp3) is 0.692. The topological polar surface area (TPSA) is 0 Å². The van der Waals surface area contributed by atoms with Gasteiger partial charge in [0.25, 0.3) is 0 Å². The molecule has 0 amide bonds. The van der Waals surface area contributed by atoms with Crippen molar-refractivity contribution in [3.05, 3.63) is 23.8 Å². The molecule has 0 aliphatic heterocycles. The summed E-state index contributed by atoms with van der Waals surface area (Å²) in [6, 6.07) is 0. The Hall–Kier alpha value is -0.520. The van der Waals surface area contributed by atoms with Crippen molar-refractivity contribution >= 4 is 0 Å². The Kier molecular flexibility index (Phi) is 2.31. The lowest BCUT2D eigenvalue weighted by molar-refractivity contribution is 0.189. The van der Waals surface area contributed by atoms with Gasteiger partial charge in [-0.05, 0) is 37.0 Å². The summed E-state index contributed by atoms with van der Waals surface area (Å²) >= 11 is 0. The molecule has 0 spiro atoms. The molecule has 0 heteroatoms. The van der Waals surface area contributed by atoms with Crippen LogP contribution in [0.25, 0.3) is 0 Å². The fourth-order valence-electron chi connectivity index (χ4n) is 3.01. The Morgan fingerprint density at radius 3 is 2.85 bits per heavy atom. The van der Waals surface area contributed by atoms with Crippen molar-refractivity contribution in [1.82, 2.24) is 0 Å². The van der Waals surface area contributed by atoms with Crippen LogP contribution in [0.3, 0.4) is 0 Å². The standard InChI is InChI=1S/C13H20/c1-11(2)13-9-5-3-7-12(13)8-4-6-10-13/h3,5,7,11H,4,6,8-10H2,1-2H3. The summed E-state index contributed by atoms with van der Waals surface area (Å²) in [5.74, 6) is 0.809. The minimum atomic E-state index is 0.549. The van der Waals surface area contributed by atoms with E-state index in [4.69, 9.17) is 0 Å². The predicted molar refractivity (Wildman–Crippen MR) is 57.6 cm³/mol. The third-order valence-corrected chi connectivity index (χ3v) is 3.98. The molecule has 0 aromatic carbocycles. The monoisotopic (exact) mass is 176 g/mol. The Morgan fingerprint density at radius 1 is 1.31 bits per heavy atom. The Balaban J connectivity index is 2.31. The maximum Gasteiger partial charge on any atom is -0.00275 e. The summed E-state index contributed by atoms with van der Waals surface area (Å²) in [7, 11) is 0.